The number of carbonyl (C=O) groups excluding carboxylic acids is 1. The molecule has 3 rings (SSSR count). The van der Waals surface area contributed by atoms with E-state index in [1.807, 2.05) is 0 Å². The molecule has 1 unspecified atom stereocenters. The number of alkyl halides is 3. The molecule has 128 valence electrons. The molecule has 1 heterocycles. The quantitative estimate of drug-likeness (QED) is 0.852. The van der Waals surface area contributed by atoms with Crippen LogP contribution >= 0.6 is 11.6 Å². The minimum Gasteiger partial charge on any atom is -0.287 e. The molecule has 0 aromatic heterocycles. The Morgan fingerprint density at radius 1 is 1.17 bits per heavy atom. The van der Waals surface area contributed by atoms with E-state index >= 15 is 0 Å². The van der Waals surface area contributed by atoms with Gasteiger partial charge < -0.3 is 0 Å². The van der Waals surface area contributed by atoms with Crippen molar-refractivity contribution < 1.29 is 18.0 Å². The third kappa shape index (κ3) is 3.08. The first-order valence-corrected chi connectivity index (χ1v) is 7.80. The molecule has 1 saturated heterocycles. The maximum Gasteiger partial charge on any atom is 0.409 e. The second kappa shape index (κ2) is 5.63. The SMILES string of the molecule is CC1(C)CC(=O)NN1C(c1ccc2cc(Cl)ccc2c1)C(F)(F)F. The highest BCUT2D eigenvalue weighted by Gasteiger charge is 2.52. The summed E-state index contributed by atoms with van der Waals surface area (Å²) in [5, 5.41) is 2.95. The van der Waals surface area contributed by atoms with E-state index in [4.69, 9.17) is 11.6 Å². The molecule has 1 aliphatic rings. The lowest BCUT2D eigenvalue weighted by atomic mass is 9.95. The molecular formula is C17H16ClF3N2O. The van der Waals surface area contributed by atoms with Gasteiger partial charge in [0, 0.05) is 17.0 Å². The van der Waals surface area contributed by atoms with Gasteiger partial charge in [0.1, 0.15) is 0 Å². The molecule has 1 N–H and O–H groups in total. The van der Waals surface area contributed by atoms with E-state index in [0.29, 0.717) is 10.4 Å². The minimum absolute atomic E-state index is 0.0166. The van der Waals surface area contributed by atoms with Gasteiger partial charge in [0.05, 0.1) is 0 Å². The lowest BCUT2D eigenvalue weighted by Gasteiger charge is -2.38. The molecule has 1 amide bonds. The normalized spacial score (nSPS) is 19.5. The molecule has 0 aliphatic carbocycles. The summed E-state index contributed by atoms with van der Waals surface area (Å²) in [7, 11) is 0. The van der Waals surface area contributed by atoms with Crippen molar-refractivity contribution in [1.82, 2.24) is 10.4 Å². The van der Waals surface area contributed by atoms with Gasteiger partial charge in [0.25, 0.3) is 0 Å². The topological polar surface area (TPSA) is 32.3 Å². The van der Waals surface area contributed by atoms with E-state index in [0.717, 1.165) is 10.4 Å². The van der Waals surface area contributed by atoms with Crippen molar-refractivity contribution in [3.63, 3.8) is 0 Å². The highest BCUT2D eigenvalue weighted by atomic mass is 35.5. The zero-order valence-corrected chi connectivity index (χ0v) is 13.9. The summed E-state index contributed by atoms with van der Waals surface area (Å²) in [4.78, 5) is 11.6. The van der Waals surface area contributed by atoms with Crippen LogP contribution < -0.4 is 5.43 Å². The van der Waals surface area contributed by atoms with Crippen LogP contribution in [0, 0.1) is 0 Å². The van der Waals surface area contributed by atoms with Crippen LogP contribution in [0.3, 0.4) is 0 Å². The van der Waals surface area contributed by atoms with Gasteiger partial charge in [-0.25, -0.2) is 0 Å². The second-order valence-electron chi connectivity index (χ2n) is 6.59. The zero-order valence-electron chi connectivity index (χ0n) is 13.1. The van der Waals surface area contributed by atoms with E-state index in [-0.39, 0.29) is 12.0 Å². The first-order chi connectivity index (χ1) is 11.1. The molecule has 0 bridgehead atoms. The fourth-order valence-corrected chi connectivity index (χ4v) is 3.29. The molecule has 0 spiro atoms. The fraction of sp³-hybridized carbons (Fsp3) is 0.353. The number of hydrogen-bond donors (Lipinski definition) is 1. The van der Waals surface area contributed by atoms with Crippen molar-refractivity contribution in [3.8, 4) is 0 Å². The lowest BCUT2D eigenvalue weighted by Crippen LogP contribution is -2.51. The summed E-state index contributed by atoms with van der Waals surface area (Å²) >= 11 is 5.91. The Morgan fingerprint density at radius 2 is 1.79 bits per heavy atom. The Balaban J connectivity index is 2.10. The van der Waals surface area contributed by atoms with Crippen LogP contribution in [0.1, 0.15) is 31.9 Å². The summed E-state index contributed by atoms with van der Waals surface area (Å²) in [5.74, 6) is -0.415. The summed E-state index contributed by atoms with van der Waals surface area (Å²) in [6.45, 7) is 3.23. The number of carbonyl (C=O) groups is 1. The highest BCUT2D eigenvalue weighted by molar-refractivity contribution is 6.31. The molecule has 3 nitrogen and oxygen atoms in total. The van der Waals surface area contributed by atoms with Gasteiger partial charge >= 0.3 is 6.18 Å². The van der Waals surface area contributed by atoms with E-state index in [1.165, 1.54) is 12.1 Å². The summed E-state index contributed by atoms with van der Waals surface area (Å²) in [5.41, 5.74) is 1.50. The van der Waals surface area contributed by atoms with Gasteiger partial charge in [0.15, 0.2) is 6.04 Å². The Labute approximate surface area is 142 Å². The fourth-order valence-electron chi connectivity index (χ4n) is 3.11. The number of amides is 1. The van der Waals surface area contributed by atoms with Crippen molar-refractivity contribution in [3.05, 3.63) is 47.0 Å². The average molecular weight is 357 g/mol. The van der Waals surface area contributed by atoms with E-state index in [1.54, 1.807) is 38.1 Å². The number of hydrazine groups is 1. The maximum absolute atomic E-state index is 13.8. The third-order valence-electron chi connectivity index (χ3n) is 4.20. The molecule has 2 aromatic rings. The minimum atomic E-state index is -4.53. The Kier molecular flexibility index (Phi) is 4.00. The molecule has 24 heavy (non-hydrogen) atoms. The summed E-state index contributed by atoms with van der Waals surface area (Å²) in [6, 6.07) is 7.63. The van der Waals surface area contributed by atoms with Gasteiger partial charge in [-0.15, -0.1) is 0 Å². The van der Waals surface area contributed by atoms with Crippen LogP contribution in [0.2, 0.25) is 5.02 Å². The molecule has 1 aliphatic heterocycles. The van der Waals surface area contributed by atoms with Crippen molar-refractivity contribution in [2.24, 2.45) is 0 Å². The lowest BCUT2D eigenvalue weighted by molar-refractivity contribution is -0.203. The molecule has 2 aromatic carbocycles. The van der Waals surface area contributed by atoms with Gasteiger partial charge in [-0.3, -0.25) is 10.2 Å². The van der Waals surface area contributed by atoms with Gasteiger partial charge in [-0.05, 0) is 48.4 Å². The van der Waals surface area contributed by atoms with Crippen molar-refractivity contribution >= 4 is 28.3 Å². The Morgan fingerprint density at radius 3 is 2.38 bits per heavy atom. The summed E-state index contributed by atoms with van der Waals surface area (Å²) < 4.78 is 41.3. The standard InChI is InChI=1S/C17H16ClF3N2O/c1-16(2)9-14(24)22-23(16)15(17(19,20)21)12-4-3-11-8-13(18)6-5-10(11)7-12/h3-8,15H,9H2,1-2H3,(H,22,24). The molecule has 1 fully saturated rings. The highest BCUT2D eigenvalue weighted by Crippen LogP contribution is 2.43. The number of benzene rings is 2. The van der Waals surface area contributed by atoms with Crippen LogP contribution in [0.5, 0.6) is 0 Å². The first-order valence-electron chi connectivity index (χ1n) is 7.43. The number of hydrogen-bond acceptors (Lipinski definition) is 2. The van der Waals surface area contributed by atoms with Gasteiger partial charge in [-0.1, -0.05) is 29.8 Å². The maximum atomic E-state index is 13.8. The van der Waals surface area contributed by atoms with Crippen molar-refractivity contribution in [2.45, 2.75) is 38.0 Å². The molecular weight excluding hydrogens is 341 g/mol. The summed E-state index contributed by atoms with van der Waals surface area (Å²) in [6.07, 6.45) is -4.52. The number of nitrogens with zero attached hydrogens (tertiary/aromatic N) is 1. The first kappa shape index (κ1) is 17.0. The van der Waals surface area contributed by atoms with Crippen LogP contribution in [0.4, 0.5) is 13.2 Å². The van der Waals surface area contributed by atoms with Crippen molar-refractivity contribution in [1.29, 1.82) is 0 Å². The Bertz CT molecular complexity index is 804. The number of rotatable bonds is 2. The van der Waals surface area contributed by atoms with E-state index in [2.05, 4.69) is 5.43 Å². The average Bonchev–Trinajstić information content (AvgIpc) is 2.70. The second-order valence-corrected chi connectivity index (χ2v) is 7.03. The van der Waals surface area contributed by atoms with Crippen LogP contribution in [-0.2, 0) is 4.79 Å². The monoisotopic (exact) mass is 356 g/mol. The molecule has 0 radical (unpaired) electrons. The largest absolute Gasteiger partial charge is 0.409 e. The third-order valence-corrected chi connectivity index (χ3v) is 4.44. The van der Waals surface area contributed by atoms with Gasteiger partial charge in [-0.2, -0.15) is 18.2 Å². The molecule has 1 atom stereocenters. The van der Waals surface area contributed by atoms with Crippen LogP contribution in [0.25, 0.3) is 10.8 Å². The van der Waals surface area contributed by atoms with E-state index < -0.39 is 23.7 Å². The number of halogens is 4. The van der Waals surface area contributed by atoms with Crippen LogP contribution in [0.15, 0.2) is 36.4 Å². The van der Waals surface area contributed by atoms with Gasteiger partial charge in [0.2, 0.25) is 5.91 Å². The predicted molar refractivity (Wildman–Crippen MR) is 86.4 cm³/mol. The number of nitrogens with one attached hydrogen (secondary N) is 1. The zero-order chi connectivity index (χ0) is 17.7. The van der Waals surface area contributed by atoms with Crippen LogP contribution in [-0.4, -0.2) is 22.6 Å². The smallest absolute Gasteiger partial charge is 0.287 e. The molecule has 0 saturated carbocycles. The Hall–Kier alpha value is -1.79. The predicted octanol–water partition coefficient (Wildman–Crippen LogP) is 4.61. The van der Waals surface area contributed by atoms with E-state index in [9.17, 15) is 18.0 Å². The molecule has 7 heteroatoms. The van der Waals surface area contributed by atoms with Crippen molar-refractivity contribution in [2.75, 3.05) is 0 Å². The number of fused-ring (bicyclic) bond motifs is 1.